The van der Waals surface area contributed by atoms with Crippen LogP contribution >= 0.6 is 0 Å². The second kappa shape index (κ2) is 5.64. The third kappa shape index (κ3) is 3.30. The molecule has 1 saturated carbocycles. The molecule has 1 aliphatic rings. The summed E-state index contributed by atoms with van der Waals surface area (Å²) in [6.07, 6.45) is 9.72. The Morgan fingerprint density at radius 1 is 1.40 bits per heavy atom. The Bertz CT molecular complexity index is 195. The lowest BCUT2D eigenvalue weighted by Crippen LogP contribution is -2.49. The van der Waals surface area contributed by atoms with Crippen LogP contribution in [0.3, 0.4) is 0 Å². The summed E-state index contributed by atoms with van der Waals surface area (Å²) in [6.45, 7) is 4.08. The van der Waals surface area contributed by atoms with Gasteiger partial charge in [0.05, 0.1) is 5.54 Å². The molecule has 0 radical (unpaired) electrons. The summed E-state index contributed by atoms with van der Waals surface area (Å²) in [5.41, 5.74) is 5.50. The fraction of sp³-hybridized carbons (Fsp3) is 0.923. The van der Waals surface area contributed by atoms with E-state index in [1.165, 1.54) is 32.1 Å². The highest BCUT2D eigenvalue weighted by atomic mass is 16.1. The van der Waals surface area contributed by atoms with Crippen LogP contribution < -0.4 is 5.73 Å². The van der Waals surface area contributed by atoms with Gasteiger partial charge in [0.15, 0.2) is 0 Å². The zero-order valence-corrected chi connectivity index (χ0v) is 10.2. The fourth-order valence-electron chi connectivity index (χ4n) is 2.99. The lowest BCUT2D eigenvalue weighted by molar-refractivity contribution is -0.114. The van der Waals surface area contributed by atoms with Gasteiger partial charge in [-0.2, -0.15) is 0 Å². The maximum absolute atomic E-state index is 11.1. The van der Waals surface area contributed by atoms with Crippen LogP contribution in [0.15, 0.2) is 0 Å². The van der Waals surface area contributed by atoms with E-state index in [1.807, 2.05) is 6.92 Å². The van der Waals surface area contributed by atoms with E-state index >= 15 is 0 Å². The molecule has 2 N–H and O–H groups in total. The van der Waals surface area contributed by atoms with E-state index in [9.17, 15) is 4.79 Å². The topological polar surface area (TPSA) is 43.1 Å². The molecule has 0 amide bonds. The Morgan fingerprint density at radius 3 is 2.47 bits per heavy atom. The van der Waals surface area contributed by atoms with Gasteiger partial charge in [0, 0.05) is 0 Å². The Kier molecular flexibility index (Phi) is 4.78. The summed E-state index contributed by atoms with van der Waals surface area (Å²) in [6, 6.07) is 0. The number of nitrogens with two attached hydrogens (primary N) is 1. The van der Waals surface area contributed by atoms with Crippen LogP contribution in [-0.2, 0) is 4.79 Å². The number of hydrogen-bond donors (Lipinski definition) is 1. The van der Waals surface area contributed by atoms with Crippen molar-refractivity contribution in [2.75, 3.05) is 0 Å². The molecular weight excluding hydrogens is 186 g/mol. The van der Waals surface area contributed by atoms with E-state index in [1.54, 1.807) is 0 Å². The highest BCUT2D eigenvalue weighted by molar-refractivity contribution is 5.63. The van der Waals surface area contributed by atoms with E-state index < -0.39 is 5.54 Å². The van der Waals surface area contributed by atoms with E-state index in [0.717, 1.165) is 19.1 Å². The summed E-state index contributed by atoms with van der Waals surface area (Å²) in [5.74, 6) is 1.07. The molecule has 1 fully saturated rings. The SMILES string of the molecule is CCCC(C1CCCCC1)C(C)(N)C=O. The van der Waals surface area contributed by atoms with Crippen LogP contribution in [0.4, 0.5) is 0 Å². The molecule has 0 spiro atoms. The highest BCUT2D eigenvalue weighted by Gasteiger charge is 2.35. The first kappa shape index (κ1) is 12.7. The van der Waals surface area contributed by atoms with Gasteiger partial charge >= 0.3 is 0 Å². The molecule has 0 aromatic rings. The standard InChI is InChI=1S/C13H25NO/c1-3-7-12(13(2,14)10-15)11-8-5-4-6-9-11/h10-12H,3-9,14H2,1-2H3. The van der Waals surface area contributed by atoms with Crippen LogP contribution in [0.1, 0.15) is 58.8 Å². The second-order valence-electron chi connectivity index (χ2n) is 5.28. The van der Waals surface area contributed by atoms with Crippen molar-refractivity contribution in [3.63, 3.8) is 0 Å². The molecule has 1 aliphatic carbocycles. The van der Waals surface area contributed by atoms with Crippen molar-refractivity contribution < 1.29 is 4.79 Å². The van der Waals surface area contributed by atoms with Crippen molar-refractivity contribution in [2.45, 2.75) is 64.3 Å². The summed E-state index contributed by atoms with van der Waals surface area (Å²) >= 11 is 0. The van der Waals surface area contributed by atoms with Gasteiger partial charge in [-0.3, -0.25) is 0 Å². The van der Waals surface area contributed by atoms with E-state index in [4.69, 9.17) is 5.73 Å². The Balaban J connectivity index is 2.66. The minimum atomic E-state index is -0.613. The molecule has 0 aromatic carbocycles. The molecule has 0 heterocycles. The molecule has 2 unspecified atom stereocenters. The maximum Gasteiger partial charge on any atom is 0.139 e. The van der Waals surface area contributed by atoms with Gasteiger partial charge in [0.2, 0.25) is 0 Å². The van der Waals surface area contributed by atoms with Crippen LogP contribution in [-0.4, -0.2) is 11.8 Å². The van der Waals surface area contributed by atoms with E-state index in [-0.39, 0.29) is 0 Å². The largest absolute Gasteiger partial charge is 0.319 e. The molecule has 2 atom stereocenters. The third-order valence-electron chi connectivity index (χ3n) is 3.87. The van der Waals surface area contributed by atoms with Crippen LogP contribution in [0.25, 0.3) is 0 Å². The Labute approximate surface area is 93.6 Å². The first-order valence-electron chi connectivity index (χ1n) is 6.37. The number of carbonyl (C=O) groups excluding carboxylic acids is 1. The number of hydrogen-bond acceptors (Lipinski definition) is 2. The monoisotopic (exact) mass is 211 g/mol. The Morgan fingerprint density at radius 2 is 2.00 bits per heavy atom. The molecular formula is C13H25NO. The Hall–Kier alpha value is -0.370. The molecule has 0 bridgehead atoms. The molecule has 88 valence electrons. The van der Waals surface area contributed by atoms with Crippen molar-refractivity contribution in [3.8, 4) is 0 Å². The highest BCUT2D eigenvalue weighted by Crippen LogP contribution is 2.36. The zero-order chi connectivity index (χ0) is 11.3. The minimum Gasteiger partial charge on any atom is -0.319 e. The summed E-state index contributed by atoms with van der Waals surface area (Å²) < 4.78 is 0. The fourth-order valence-corrected chi connectivity index (χ4v) is 2.99. The lowest BCUT2D eigenvalue weighted by Gasteiger charge is -2.37. The van der Waals surface area contributed by atoms with Gasteiger partial charge in [0.25, 0.3) is 0 Å². The third-order valence-corrected chi connectivity index (χ3v) is 3.87. The van der Waals surface area contributed by atoms with Crippen molar-refractivity contribution in [1.29, 1.82) is 0 Å². The van der Waals surface area contributed by atoms with Gasteiger partial charge in [0.1, 0.15) is 6.29 Å². The van der Waals surface area contributed by atoms with E-state index in [0.29, 0.717) is 11.8 Å². The van der Waals surface area contributed by atoms with Crippen molar-refractivity contribution >= 4 is 6.29 Å². The number of carbonyl (C=O) groups is 1. The molecule has 0 saturated heterocycles. The number of aldehydes is 1. The van der Waals surface area contributed by atoms with Gasteiger partial charge in [-0.15, -0.1) is 0 Å². The molecule has 1 rings (SSSR count). The van der Waals surface area contributed by atoms with Gasteiger partial charge in [-0.1, -0.05) is 45.4 Å². The maximum atomic E-state index is 11.1. The first-order chi connectivity index (χ1) is 7.11. The van der Waals surface area contributed by atoms with Crippen LogP contribution in [0, 0.1) is 11.8 Å². The molecule has 0 aliphatic heterocycles. The van der Waals surface area contributed by atoms with Crippen molar-refractivity contribution in [2.24, 2.45) is 17.6 Å². The average Bonchev–Trinajstić information content (AvgIpc) is 2.27. The van der Waals surface area contributed by atoms with Crippen LogP contribution in [0.5, 0.6) is 0 Å². The molecule has 2 nitrogen and oxygen atoms in total. The molecule has 15 heavy (non-hydrogen) atoms. The summed E-state index contributed by atoms with van der Waals surface area (Å²) in [7, 11) is 0. The zero-order valence-electron chi connectivity index (χ0n) is 10.2. The lowest BCUT2D eigenvalue weighted by atomic mass is 9.70. The molecule has 0 aromatic heterocycles. The van der Waals surface area contributed by atoms with Crippen molar-refractivity contribution in [3.05, 3.63) is 0 Å². The predicted octanol–water partition coefficient (Wildman–Crippen LogP) is 2.90. The minimum absolute atomic E-state index is 0.389. The van der Waals surface area contributed by atoms with Gasteiger partial charge in [-0.05, 0) is 25.2 Å². The average molecular weight is 211 g/mol. The van der Waals surface area contributed by atoms with Gasteiger partial charge < -0.3 is 10.5 Å². The predicted molar refractivity (Wildman–Crippen MR) is 63.6 cm³/mol. The quantitative estimate of drug-likeness (QED) is 0.710. The normalized spacial score (nSPS) is 24.5. The smallest absolute Gasteiger partial charge is 0.139 e. The van der Waals surface area contributed by atoms with E-state index in [2.05, 4.69) is 6.92 Å². The first-order valence-corrected chi connectivity index (χ1v) is 6.37. The van der Waals surface area contributed by atoms with Crippen molar-refractivity contribution in [1.82, 2.24) is 0 Å². The summed E-state index contributed by atoms with van der Waals surface area (Å²) in [4.78, 5) is 11.1. The van der Waals surface area contributed by atoms with Crippen LogP contribution in [0.2, 0.25) is 0 Å². The second-order valence-corrected chi connectivity index (χ2v) is 5.28. The number of rotatable bonds is 5. The van der Waals surface area contributed by atoms with Gasteiger partial charge in [-0.25, -0.2) is 0 Å². The molecule has 2 heteroatoms. The summed E-state index contributed by atoms with van der Waals surface area (Å²) in [5, 5.41) is 0.